The molecule has 196 valence electrons. The summed E-state index contributed by atoms with van der Waals surface area (Å²) in [6.07, 6.45) is 4.97. The maximum atomic E-state index is 12.2. The predicted octanol–water partition coefficient (Wildman–Crippen LogP) is 6.09. The van der Waals surface area contributed by atoms with Gasteiger partial charge in [-0.15, -0.1) is 21.5 Å². The number of fused-ring (bicyclic) bond motifs is 1. The van der Waals surface area contributed by atoms with Crippen LogP contribution in [-0.2, 0) is 17.7 Å². The zero-order chi connectivity index (χ0) is 26.6. The average molecular weight is 564 g/mol. The fraction of sp³-hybridized carbons (Fsp3) is 0.417. The van der Waals surface area contributed by atoms with E-state index in [0.29, 0.717) is 45.7 Å². The first-order valence-electron chi connectivity index (χ1n) is 11.6. The molecule has 0 bridgehead atoms. The van der Waals surface area contributed by atoms with Gasteiger partial charge in [-0.3, -0.25) is 5.32 Å². The second-order valence-corrected chi connectivity index (χ2v) is 11.3. The number of hydrogen-bond donors (Lipinski definition) is 1. The van der Waals surface area contributed by atoms with Crippen LogP contribution in [0, 0.1) is 6.92 Å². The number of aromatic nitrogens is 6. The molecule has 0 saturated heterocycles. The standard InChI is InChI=1S/C24H27Cl2N7O3S/c1-14-31-32-18(37-14)7-5-6-10-35-17-9-8-16(25)19(26)15(17)11-33-13-29-20-21(27-12-28-22(20)33)30-23(34)36-24(2,3)4/h8-9,12-13H,5-7,10-11H2,1-4H3,(H,27,28,30,34). The highest BCUT2D eigenvalue weighted by molar-refractivity contribution is 7.11. The first kappa shape index (κ1) is 27.0. The van der Waals surface area contributed by atoms with E-state index in [-0.39, 0.29) is 5.82 Å². The van der Waals surface area contributed by atoms with Gasteiger partial charge in [0.1, 0.15) is 27.7 Å². The van der Waals surface area contributed by atoms with E-state index in [4.69, 9.17) is 32.7 Å². The number of halogens is 2. The van der Waals surface area contributed by atoms with E-state index in [1.807, 2.05) is 6.92 Å². The Morgan fingerprint density at radius 2 is 1.95 bits per heavy atom. The second kappa shape index (κ2) is 11.6. The number of ether oxygens (including phenoxy) is 2. The molecule has 0 aliphatic heterocycles. The van der Waals surface area contributed by atoms with Crippen LogP contribution in [0.2, 0.25) is 10.0 Å². The monoisotopic (exact) mass is 563 g/mol. The van der Waals surface area contributed by atoms with Crippen molar-refractivity contribution >= 4 is 57.6 Å². The molecule has 0 fully saturated rings. The van der Waals surface area contributed by atoms with E-state index in [2.05, 4.69) is 30.5 Å². The third-order valence-corrected chi connectivity index (χ3v) is 6.85. The summed E-state index contributed by atoms with van der Waals surface area (Å²) in [5.74, 6) is 0.876. The lowest BCUT2D eigenvalue weighted by atomic mass is 10.2. The molecule has 1 amide bonds. The third kappa shape index (κ3) is 7.06. The van der Waals surface area contributed by atoms with Crippen molar-refractivity contribution in [1.82, 2.24) is 29.7 Å². The lowest BCUT2D eigenvalue weighted by Gasteiger charge is -2.19. The fourth-order valence-electron chi connectivity index (χ4n) is 3.51. The molecule has 4 rings (SSSR count). The van der Waals surface area contributed by atoms with E-state index in [9.17, 15) is 4.79 Å². The summed E-state index contributed by atoms with van der Waals surface area (Å²) in [6, 6.07) is 3.52. The van der Waals surface area contributed by atoms with E-state index < -0.39 is 11.7 Å². The molecule has 13 heteroatoms. The van der Waals surface area contributed by atoms with Crippen molar-refractivity contribution in [3.63, 3.8) is 0 Å². The smallest absolute Gasteiger partial charge is 0.413 e. The molecule has 0 aliphatic rings. The first-order chi connectivity index (χ1) is 17.6. The Morgan fingerprint density at radius 3 is 2.68 bits per heavy atom. The van der Waals surface area contributed by atoms with Crippen molar-refractivity contribution in [3.05, 3.63) is 50.4 Å². The number of benzene rings is 1. The number of aryl methyl sites for hydroxylation is 2. The Morgan fingerprint density at radius 1 is 1.14 bits per heavy atom. The molecule has 0 radical (unpaired) electrons. The van der Waals surface area contributed by atoms with Gasteiger partial charge >= 0.3 is 6.09 Å². The van der Waals surface area contributed by atoms with Crippen LogP contribution in [0.25, 0.3) is 11.2 Å². The summed E-state index contributed by atoms with van der Waals surface area (Å²) >= 11 is 14.5. The maximum Gasteiger partial charge on any atom is 0.413 e. The molecule has 10 nitrogen and oxygen atoms in total. The lowest BCUT2D eigenvalue weighted by molar-refractivity contribution is 0.0635. The van der Waals surface area contributed by atoms with Crippen molar-refractivity contribution in [2.75, 3.05) is 11.9 Å². The number of nitrogens with one attached hydrogen (secondary N) is 1. The number of anilines is 1. The SMILES string of the molecule is Cc1nnc(CCCCOc2ccc(Cl)c(Cl)c2Cn2cnc3c(NC(=O)OC(C)(C)C)ncnc32)s1. The van der Waals surface area contributed by atoms with E-state index in [1.165, 1.54) is 6.33 Å². The minimum Gasteiger partial charge on any atom is -0.493 e. The number of imidazole rings is 1. The van der Waals surface area contributed by atoms with Crippen molar-refractivity contribution in [3.8, 4) is 5.75 Å². The van der Waals surface area contributed by atoms with Crippen LogP contribution in [0.5, 0.6) is 5.75 Å². The van der Waals surface area contributed by atoms with Gasteiger partial charge < -0.3 is 14.0 Å². The molecular formula is C24H27Cl2N7O3S. The van der Waals surface area contributed by atoms with Gasteiger partial charge in [-0.05, 0) is 52.7 Å². The minimum absolute atomic E-state index is 0.247. The molecule has 0 unspecified atom stereocenters. The van der Waals surface area contributed by atoms with Crippen molar-refractivity contribution in [1.29, 1.82) is 0 Å². The van der Waals surface area contributed by atoms with Gasteiger partial charge in [-0.25, -0.2) is 19.7 Å². The summed E-state index contributed by atoms with van der Waals surface area (Å²) in [6.45, 7) is 8.11. The number of nitrogens with zero attached hydrogens (tertiary/aromatic N) is 6. The second-order valence-electron chi connectivity index (χ2n) is 9.25. The highest BCUT2D eigenvalue weighted by Gasteiger charge is 2.20. The van der Waals surface area contributed by atoms with E-state index in [0.717, 1.165) is 29.3 Å². The Balaban J connectivity index is 1.47. The summed E-state index contributed by atoms with van der Waals surface area (Å²) in [7, 11) is 0. The number of unbranched alkanes of at least 4 members (excludes halogenated alkanes) is 1. The number of rotatable bonds is 9. The summed E-state index contributed by atoms with van der Waals surface area (Å²) in [4.78, 5) is 25.1. The summed E-state index contributed by atoms with van der Waals surface area (Å²) in [5, 5.41) is 13.7. The number of hydrogen-bond acceptors (Lipinski definition) is 9. The summed E-state index contributed by atoms with van der Waals surface area (Å²) in [5.41, 5.74) is 0.983. The minimum atomic E-state index is -0.646. The van der Waals surface area contributed by atoms with Crippen LogP contribution in [-0.4, -0.2) is 48.0 Å². The van der Waals surface area contributed by atoms with E-state index >= 15 is 0 Å². The molecule has 0 atom stereocenters. The molecular weight excluding hydrogens is 537 g/mol. The number of amides is 1. The predicted molar refractivity (Wildman–Crippen MR) is 144 cm³/mol. The molecule has 3 heterocycles. The molecule has 0 spiro atoms. The van der Waals surface area contributed by atoms with Crippen LogP contribution < -0.4 is 10.1 Å². The maximum absolute atomic E-state index is 12.2. The zero-order valence-electron chi connectivity index (χ0n) is 20.9. The molecule has 4 aromatic rings. The fourth-order valence-corrected chi connectivity index (χ4v) is 4.66. The highest BCUT2D eigenvalue weighted by Crippen LogP contribution is 2.34. The van der Waals surface area contributed by atoms with Crippen LogP contribution in [0.1, 0.15) is 49.2 Å². The molecule has 3 aromatic heterocycles. The van der Waals surface area contributed by atoms with Crippen LogP contribution in [0.3, 0.4) is 0 Å². The van der Waals surface area contributed by atoms with Crippen molar-refractivity contribution in [2.45, 2.75) is 59.1 Å². The normalized spacial score (nSPS) is 11.6. The van der Waals surface area contributed by atoms with E-state index in [1.54, 1.807) is 55.1 Å². The first-order valence-corrected chi connectivity index (χ1v) is 13.2. The van der Waals surface area contributed by atoms with Crippen molar-refractivity contribution in [2.24, 2.45) is 0 Å². The van der Waals surface area contributed by atoms with Crippen LogP contribution in [0.15, 0.2) is 24.8 Å². The largest absolute Gasteiger partial charge is 0.493 e. The van der Waals surface area contributed by atoms with Gasteiger partial charge in [-0.1, -0.05) is 23.2 Å². The Hall–Kier alpha value is -3.02. The number of carbonyl (C=O) groups is 1. The molecule has 37 heavy (non-hydrogen) atoms. The molecule has 0 aliphatic carbocycles. The topological polar surface area (TPSA) is 117 Å². The highest BCUT2D eigenvalue weighted by atomic mass is 35.5. The van der Waals surface area contributed by atoms with Gasteiger partial charge in [0.25, 0.3) is 0 Å². The molecule has 1 aromatic carbocycles. The zero-order valence-corrected chi connectivity index (χ0v) is 23.2. The lowest BCUT2D eigenvalue weighted by Crippen LogP contribution is -2.27. The Bertz CT molecular complexity index is 1400. The third-order valence-electron chi connectivity index (χ3n) is 5.11. The van der Waals surface area contributed by atoms with Gasteiger partial charge in [-0.2, -0.15) is 0 Å². The van der Waals surface area contributed by atoms with Gasteiger partial charge in [0.15, 0.2) is 17.0 Å². The van der Waals surface area contributed by atoms with Gasteiger partial charge in [0.05, 0.1) is 29.5 Å². The Kier molecular flexibility index (Phi) is 8.46. The van der Waals surface area contributed by atoms with Crippen molar-refractivity contribution < 1.29 is 14.3 Å². The Labute approximate surface area is 228 Å². The quantitative estimate of drug-likeness (QED) is 0.243. The van der Waals surface area contributed by atoms with Gasteiger partial charge in [0, 0.05) is 12.0 Å². The van der Waals surface area contributed by atoms with Crippen LogP contribution >= 0.6 is 34.5 Å². The molecule has 1 N–H and O–H groups in total. The number of carbonyl (C=O) groups excluding carboxylic acids is 1. The molecule has 0 saturated carbocycles. The average Bonchev–Trinajstić information content (AvgIpc) is 3.43. The summed E-state index contributed by atoms with van der Waals surface area (Å²) < 4.78 is 13.2. The van der Waals surface area contributed by atoms with Gasteiger partial charge in [0.2, 0.25) is 0 Å². The van der Waals surface area contributed by atoms with Crippen LogP contribution in [0.4, 0.5) is 10.6 Å².